The van der Waals surface area contributed by atoms with Crippen LogP contribution in [0.25, 0.3) is 0 Å². The van der Waals surface area contributed by atoms with Crippen molar-refractivity contribution in [3.05, 3.63) is 41.5 Å². The van der Waals surface area contributed by atoms with Crippen LogP contribution in [0.2, 0.25) is 0 Å². The van der Waals surface area contributed by atoms with E-state index >= 15 is 0 Å². The zero-order chi connectivity index (χ0) is 30.7. The van der Waals surface area contributed by atoms with Crippen LogP contribution in [-0.2, 0) is 35.0 Å². The summed E-state index contributed by atoms with van der Waals surface area (Å²) in [5.41, 5.74) is 1.86. The number of carbonyl (C=O) groups excluding carboxylic acids is 3. The van der Waals surface area contributed by atoms with E-state index in [4.69, 9.17) is 18.9 Å². The number of nitrogens with one attached hydrogen (secondary N) is 2. The van der Waals surface area contributed by atoms with Crippen LogP contribution in [0.4, 0.5) is 10.5 Å². The van der Waals surface area contributed by atoms with Gasteiger partial charge in [0.1, 0.15) is 29.2 Å². The number of allylic oxidation sites excluding steroid dienone is 1. The lowest BCUT2D eigenvalue weighted by Crippen LogP contribution is -2.56. The quantitative estimate of drug-likeness (QED) is 0.251. The predicted molar refractivity (Wildman–Crippen MR) is 160 cm³/mol. The molecule has 2 amide bonds. The Hall–Kier alpha value is -2.75. The standard InChI is InChI=1S/C33H48N2O7/c1-21(2)8-14-26-32(6,42-26)29-28(39-7)24(16-18-33(29)20-40-33)41-30(38)34-19-17-22-9-11-23(12-10-22)35-27(37)15-13-25(36)31(3,4)5/h8-12,24,26,28-29H,13-20H2,1-7H3,(H,34,38)(H,35,37)/t24-,26-,28-,29-,32+,33+/m1/s1. The van der Waals surface area contributed by atoms with Gasteiger partial charge in [-0.15, -0.1) is 0 Å². The summed E-state index contributed by atoms with van der Waals surface area (Å²) in [6.07, 6.45) is 4.44. The molecule has 1 spiro atoms. The minimum Gasteiger partial charge on any atom is -0.443 e. The number of carbonyl (C=O) groups is 3. The number of ether oxygens (including phenoxy) is 4. The Balaban J connectivity index is 1.23. The zero-order valence-corrected chi connectivity index (χ0v) is 26.2. The number of methoxy groups -OCH3 is 1. The maximum absolute atomic E-state index is 12.8. The lowest BCUT2D eigenvalue weighted by molar-refractivity contribution is -0.128. The Morgan fingerprint density at radius 1 is 1.12 bits per heavy atom. The number of Topliss-reactive ketones (excluding diaryl/α,β-unsaturated/α-hetero) is 1. The average molecular weight is 585 g/mol. The average Bonchev–Trinajstić information content (AvgIpc) is 3.84. The molecule has 2 N–H and O–H groups in total. The highest BCUT2D eigenvalue weighted by Crippen LogP contribution is 2.59. The molecule has 232 valence electrons. The van der Waals surface area contributed by atoms with E-state index in [2.05, 4.69) is 37.5 Å². The predicted octanol–water partition coefficient (Wildman–Crippen LogP) is 5.37. The molecule has 3 aliphatic rings. The van der Waals surface area contributed by atoms with Gasteiger partial charge in [-0.3, -0.25) is 9.59 Å². The molecule has 4 rings (SSSR count). The van der Waals surface area contributed by atoms with Crippen LogP contribution in [0.5, 0.6) is 0 Å². The number of benzene rings is 1. The number of hydrogen-bond donors (Lipinski definition) is 2. The summed E-state index contributed by atoms with van der Waals surface area (Å²) in [6.45, 7) is 13.0. The van der Waals surface area contributed by atoms with Crippen molar-refractivity contribution in [3.8, 4) is 0 Å². The molecule has 0 unspecified atom stereocenters. The van der Waals surface area contributed by atoms with Gasteiger partial charge in [-0.2, -0.15) is 0 Å². The Morgan fingerprint density at radius 3 is 2.40 bits per heavy atom. The largest absolute Gasteiger partial charge is 0.443 e. The fourth-order valence-electron chi connectivity index (χ4n) is 6.14. The van der Waals surface area contributed by atoms with Crippen LogP contribution in [0.15, 0.2) is 35.9 Å². The van der Waals surface area contributed by atoms with E-state index in [0.29, 0.717) is 31.7 Å². The fraction of sp³-hybridized carbons (Fsp3) is 0.667. The first-order valence-electron chi connectivity index (χ1n) is 15.1. The minimum atomic E-state index is -0.467. The molecule has 0 radical (unpaired) electrons. The number of rotatable bonds is 12. The van der Waals surface area contributed by atoms with Gasteiger partial charge in [0.2, 0.25) is 5.91 Å². The number of ketones is 1. The number of alkyl carbamates (subject to hydrolysis) is 1. The first kappa shape index (κ1) is 32.2. The van der Waals surface area contributed by atoms with Gasteiger partial charge in [0, 0.05) is 37.6 Å². The molecule has 2 heterocycles. The van der Waals surface area contributed by atoms with E-state index in [-0.39, 0.29) is 60.0 Å². The van der Waals surface area contributed by atoms with E-state index in [0.717, 1.165) is 18.4 Å². The second-order valence-corrected chi connectivity index (χ2v) is 13.4. The van der Waals surface area contributed by atoms with Gasteiger partial charge >= 0.3 is 6.09 Å². The molecule has 42 heavy (non-hydrogen) atoms. The van der Waals surface area contributed by atoms with Crippen LogP contribution in [0.1, 0.15) is 79.2 Å². The number of epoxide rings is 2. The van der Waals surface area contributed by atoms with E-state index in [1.54, 1.807) is 7.11 Å². The van der Waals surface area contributed by atoms with Gasteiger partial charge in [0.05, 0.1) is 18.6 Å². The molecule has 2 saturated heterocycles. The lowest BCUT2D eigenvalue weighted by Gasteiger charge is -2.42. The van der Waals surface area contributed by atoms with Crippen molar-refractivity contribution >= 4 is 23.5 Å². The molecule has 3 fully saturated rings. The third-order valence-corrected chi connectivity index (χ3v) is 8.83. The summed E-state index contributed by atoms with van der Waals surface area (Å²) in [5.74, 6) is -0.139. The molecule has 1 aliphatic carbocycles. The maximum atomic E-state index is 12.8. The summed E-state index contributed by atoms with van der Waals surface area (Å²) < 4.78 is 24.1. The van der Waals surface area contributed by atoms with Crippen molar-refractivity contribution in [1.82, 2.24) is 5.32 Å². The molecule has 9 heteroatoms. The molecule has 2 aliphatic heterocycles. The molecular formula is C33H48N2O7. The molecule has 1 aromatic rings. The first-order chi connectivity index (χ1) is 19.8. The monoisotopic (exact) mass is 584 g/mol. The second-order valence-electron chi connectivity index (χ2n) is 13.4. The van der Waals surface area contributed by atoms with Gasteiger partial charge in [-0.25, -0.2) is 4.79 Å². The first-order valence-corrected chi connectivity index (χ1v) is 15.1. The number of hydrogen-bond acceptors (Lipinski definition) is 7. The van der Waals surface area contributed by atoms with Crippen LogP contribution < -0.4 is 10.6 Å². The van der Waals surface area contributed by atoms with Crippen LogP contribution in [0.3, 0.4) is 0 Å². The lowest BCUT2D eigenvalue weighted by atomic mass is 9.68. The molecule has 1 aromatic carbocycles. The summed E-state index contributed by atoms with van der Waals surface area (Å²) >= 11 is 0. The van der Waals surface area contributed by atoms with Crippen molar-refractivity contribution in [1.29, 1.82) is 0 Å². The van der Waals surface area contributed by atoms with Gasteiger partial charge in [0.15, 0.2) is 0 Å². The van der Waals surface area contributed by atoms with Crippen molar-refractivity contribution < 1.29 is 33.3 Å². The fourth-order valence-corrected chi connectivity index (χ4v) is 6.14. The number of amides is 2. The molecular weight excluding hydrogens is 536 g/mol. The molecule has 0 aromatic heterocycles. The highest BCUT2D eigenvalue weighted by molar-refractivity contribution is 5.94. The minimum absolute atomic E-state index is 0.0184. The summed E-state index contributed by atoms with van der Waals surface area (Å²) in [4.78, 5) is 37.0. The Labute approximate surface area is 250 Å². The summed E-state index contributed by atoms with van der Waals surface area (Å²) in [7, 11) is 1.67. The van der Waals surface area contributed by atoms with Crippen LogP contribution >= 0.6 is 0 Å². The topological polar surface area (TPSA) is 119 Å². The zero-order valence-electron chi connectivity index (χ0n) is 26.2. The highest BCUT2D eigenvalue weighted by Gasteiger charge is 2.72. The van der Waals surface area contributed by atoms with E-state index < -0.39 is 11.5 Å². The van der Waals surface area contributed by atoms with Crippen molar-refractivity contribution in [2.24, 2.45) is 11.3 Å². The van der Waals surface area contributed by atoms with Crippen LogP contribution in [0, 0.1) is 11.3 Å². The molecule has 6 atom stereocenters. The normalized spacial score (nSPS) is 29.9. The third-order valence-electron chi connectivity index (χ3n) is 8.83. The second kappa shape index (κ2) is 12.9. The van der Waals surface area contributed by atoms with Crippen molar-refractivity contribution in [2.45, 2.75) is 110 Å². The van der Waals surface area contributed by atoms with Crippen molar-refractivity contribution in [3.63, 3.8) is 0 Å². The molecule has 1 saturated carbocycles. The van der Waals surface area contributed by atoms with E-state index in [1.807, 2.05) is 45.0 Å². The number of anilines is 1. The van der Waals surface area contributed by atoms with Gasteiger partial charge in [-0.05, 0) is 64.2 Å². The highest BCUT2D eigenvalue weighted by atomic mass is 16.6. The maximum Gasteiger partial charge on any atom is 0.407 e. The SMILES string of the molecule is CO[C@@H]1[C@H](OC(=O)NCCc2ccc(NC(=O)CCC(=O)C(C)(C)C)cc2)CC[C@]2(CO2)[C@H]1[C@@]1(C)O[C@@H]1CC=C(C)C. The van der Waals surface area contributed by atoms with E-state index in [1.165, 1.54) is 5.57 Å². The van der Waals surface area contributed by atoms with Gasteiger partial charge < -0.3 is 29.6 Å². The summed E-state index contributed by atoms with van der Waals surface area (Å²) in [5, 5.41) is 5.70. The van der Waals surface area contributed by atoms with Gasteiger partial charge in [0.25, 0.3) is 0 Å². The summed E-state index contributed by atoms with van der Waals surface area (Å²) in [6, 6.07) is 7.46. The Morgan fingerprint density at radius 2 is 1.81 bits per heavy atom. The molecule has 9 nitrogen and oxygen atoms in total. The van der Waals surface area contributed by atoms with Crippen molar-refractivity contribution in [2.75, 3.05) is 25.6 Å². The molecule has 0 bridgehead atoms. The van der Waals surface area contributed by atoms with Crippen LogP contribution in [-0.4, -0.2) is 67.6 Å². The Kier molecular flexibility index (Phi) is 9.85. The van der Waals surface area contributed by atoms with Gasteiger partial charge in [-0.1, -0.05) is 44.6 Å². The third kappa shape index (κ3) is 7.79. The van der Waals surface area contributed by atoms with E-state index in [9.17, 15) is 14.4 Å². The smallest absolute Gasteiger partial charge is 0.407 e. The Bertz CT molecular complexity index is 1160.